The number of benzene rings is 1. The zero-order valence-corrected chi connectivity index (χ0v) is 22.2. The molecular weight excluding hydrogens is 521 g/mol. The molecule has 180 valence electrons. The SMILES string of the molecule is CC(C)Oc1ccc(NC(=NCC(=O)NC(C)(C)C)NCCCN2CCCC2=O)cc1.I. The summed E-state index contributed by atoms with van der Waals surface area (Å²) in [5, 5.41) is 9.41. The van der Waals surface area contributed by atoms with Crippen molar-refractivity contribution in [3.8, 4) is 5.75 Å². The number of nitrogens with zero attached hydrogens (tertiary/aromatic N) is 2. The van der Waals surface area contributed by atoms with Crippen LogP contribution in [0.2, 0.25) is 0 Å². The smallest absolute Gasteiger partial charge is 0.242 e. The number of carbonyl (C=O) groups excluding carboxylic acids is 2. The van der Waals surface area contributed by atoms with E-state index < -0.39 is 0 Å². The molecule has 1 aromatic carbocycles. The van der Waals surface area contributed by atoms with E-state index in [9.17, 15) is 9.59 Å². The lowest BCUT2D eigenvalue weighted by atomic mass is 10.1. The Labute approximate surface area is 209 Å². The van der Waals surface area contributed by atoms with Crippen molar-refractivity contribution in [2.24, 2.45) is 4.99 Å². The zero-order chi connectivity index (χ0) is 22.9. The summed E-state index contributed by atoms with van der Waals surface area (Å²) in [4.78, 5) is 30.2. The number of anilines is 1. The molecule has 1 aliphatic rings. The molecule has 1 heterocycles. The van der Waals surface area contributed by atoms with Gasteiger partial charge in [0, 0.05) is 37.3 Å². The molecule has 3 N–H and O–H groups in total. The topological polar surface area (TPSA) is 95.1 Å². The predicted molar refractivity (Wildman–Crippen MR) is 140 cm³/mol. The lowest BCUT2D eigenvalue weighted by molar-refractivity contribution is -0.127. The maximum absolute atomic E-state index is 12.2. The van der Waals surface area contributed by atoms with Crippen molar-refractivity contribution in [1.82, 2.24) is 15.5 Å². The number of nitrogens with one attached hydrogen (secondary N) is 3. The normalized spacial score (nSPS) is 14.2. The van der Waals surface area contributed by atoms with E-state index in [1.54, 1.807) is 0 Å². The van der Waals surface area contributed by atoms with Crippen molar-refractivity contribution in [3.63, 3.8) is 0 Å². The third kappa shape index (κ3) is 11.0. The Kier molecular flexibility index (Phi) is 11.8. The fourth-order valence-corrected chi connectivity index (χ4v) is 3.19. The third-order valence-corrected chi connectivity index (χ3v) is 4.45. The summed E-state index contributed by atoms with van der Waals surface area (Å²) < 4.78 is 5.68. The Morgan fingerprint density at radius 1 is 1.22 bits per heavy atom. The van der Waals surface area contributed by atoms with Gasteiger partial charge in [-0.3, -0.25) is 9.59 Å². The van der Waals surface area contributed by atoms with Gasteiger partial charge in [0.05, 0.1) is 6.10 Å². The van der Waals surface area contributed by atoms with Crippen molar-refractivity contribution < 1.29 is 14.3 Å². The van der Waals surface area contributed by atoms with Gasteiger partial charge in [-0.2, -0.15) is 0 Å². The first-order valence-electron chi connectivity index (χ1n) is 11.0. The molecule has 0 saturated carbocycles. The number of ether oxygens (including phenoxy) is 1. The average molecular weight is 559 g/mol. The van der Waals surface area contributed by atoms with Gasteiger partial charge < -0.3 is 25.6 Å². The molecule has 0 radical (unpaired) electrons. The van der Waals surface area contributed by atoms with E-state index in [0.717, 1.165) is 37.4 Å². The second kappa shape index (κ2) is 13.5. The van der Waals surface area contributed by atoms with E-state index in [0.29, 0.717) is 18.9 Å². The Morgan fingerprint density at radius 2 is 1.91 bits per heavy atom. The van der Waals surface area contributed by atoms with Gasteiger partial charge in [0.1, 0.15) is 12.3 Å². The van der Waals surface area contributed by atoms with Crippen LogP contribution in [0.25, 0.3) is 0 Å². The van der Waals surface area contributed by atoms with Gasteiger partial charge in [-0.05, 0) is 71.7 Å². The van der Waals surface area contributed by atoms with Gasteiger partial charge >= 0.3 is 0 Å². The van der Waals surface area contributed by atoms with Crippen molar-refractivity contribution >= 4 is 47.4 Å². The first kappa shape index (κ1) is 28.0. The van der Waals surface area contributed by atoms with Crippen LogP contribution in [0.15, 0.2) is 29.3 Å². The Hall–Kier alpha value is -2.04. The lowest BCUT2D eigenvalue weighted by Crippen LogP contribution is -2.42. The summed E-state index contributed by atoms with van der Waals surface area (Å²) in [6, 6.07) is 7.61. The first-order chi connectivity index (χ1) is 14.6. The minimum Gasteiger partial charge on any atom is -0.491 e. The molecule has 1 aromatic rings. The number of amides is 2. The Balaban J connectivity index is 0.00000512. The number of likely N-dealkylation sites (tertiary alicyclic amines) is 1. The molecule has 1 aliphatic heterocycles. The van der Waals surface area contributed by atoms with Gasteiger partial charge in [-0.25, -0.2) is 4.99 Å². The summed E-state index contributed by atoms with van der Waals surface area (Å²) in [6.45, 7) is 12.0. The number of rotatable bonds is 9. The fourth-order valence-electron chi connectivity index (χ4n) is 3.19. The standard InChI is InChI=1S/C23H37N5O3.HI/c1-17(2)31-19-11-9-18(10-12-19)26-22(25-16-20(29)27-23(3,4)5)24-13-7-15-28-14-6-8-21(28)30;/h9-12,17H,6-8,13-16H2,1-5H3,(H,27,29)(H2,24,25,26);1H. The minimum atomic E-state index is -0.303. The first-order valence-corrected chi connectivity index (χ1v) is 11.0. The summed E-state index contributed by atoms with van der Waals surface area (Å²) in [7, 11) is 0. The van der Waals surface area contributed by atoms with Gasteiger partial charge in [-0.1, -0.05) is 0 Å². The summed E-state index contributed by atoms with van der Waals surface area (Å²) >= 11 is 0. The summed E-state index contributed by atoms with van der Waals surface area (Å²) in [5.74, 6) is 1.41. The molecule has 1 saturated heterocycles. The second-order valence-corrected chi connectivity index (χ2v) is 9.04. The average Bonchev–Trinajstić information content (AvgIpc) is 3.07. The van der Waals surface area contributed by atoms with Gasteiger partial charge in [0.25, 0.3) is 0 Å². The molecule has 0 aromatic heterocycles. The Morgan fingerprint density at radius 3 is 2.47 bits per heavy atom. The van der Waals surface area contributed by atoms with Crippen LogP contribution in [0.4, 0.5) is 5.69 Å². The molecule has 2 rings (SSSR count). The molecule has 0 spiro atoms. The molecule has 1 fully saturated rings. The van der Waals surface area contributed by atoms with Crippen LogP contribution in [0.1, 0.15) is 53.9 Å². The minimum absolute atomic E-state index is 0. The molecule has 32 heavy (non-hydrogen) atoms. The molecule has 0 bridgehead atoms. The van der Waals surface area contributed by atoms with E-state index in [1.807, 2.05) is 63.8 Å². The van der Waals surface area contributed by atoms with Crippen LogP contribution < -0.4 is 20.7 Å². The van der Waals surface area contributed by atoms with Crippen LogP contribution in [0, 0.1) is 0 Å². The number of hydrogen-bond donors (Lipinski definition) is 3. The third-order valence-electron chi connectivity index (χ3n) is 4.45. The lowest BCUT2D eigenvalue weighted by Gasteiger charge is -2.20. The number of halogens is 1. The quantitative estimate of drug-likeness (QED) is 0.187. The molecular formula is C23H38IN5O3. The molecule has 0 atom stereocenters. The van der Waals surface area contributed by atoms with Crippen LogP contribution >= 0.6 is 24.0 Å². The van der Waals surface area contributed by atoms with Crippen molar-refractivity contribution in [1.29, 1.82) is 0 Å². The van der Waals surface area contributed by atoms with Crippen molar-refractivity contribution in [2.45, 2.75) is 65.5 Å². The monoisotopic (exact) mass is 559 g/mol. The molecule has 9 heteroatoms. The van der Waals surface area contributed by atoms with E-state index in [-0.39, 0.29) is 54.0 Å². The van der Waals surface area contributed by atoms with Crippen LogP contribution in [-0.2, 0) is 9.59 Å². The highest BCUT2D eigenvalue weighted by molar-refractivity contribution is 14.0. The zero-order valence-electron chi connectivity index (χ0n) is 19.9. The molecule has 8 nitrogen and oxygen atoms in total. The van der Waals surface area contributed by atoms with Gasteiger partial charge in [0.2, 0.25) is 11.8 Å². The highest BCUT2D eigenvalue weighted by atomic mass is 127. The number of hydrogen-bond acceptors (Lipinski definition) is 4. The van der Waals surface area contributed by atoms with E-state index in [1.165, 1.54) is 0 Å². The van der Waals surface area contributed by atoms with E-state index >= 15 is 0 Å². The fraction of sp³-hybridized carbons (Fsp3) is 0.609. The summed E-state index contributed by atoms with van der Waals surface area (Å²) in [6.07, 6.45) is 2.52. The van der Waals surface area contributed by atoms with Gasteiger partial charge in [-0.15, -0.1) is 24.0 Å². The van der Waals surface area contributed by atoms with Gasteiger partial charge in [0.15, 0.2) is 5.96 Å². The summed E-state index contributed by atoms with van der Waals surface area (Å²) in [5.41, 5.74) is 0.538. The largest absolute Gasteiger partial charge is 0.491 e. The number of carbonyl (C=O) groups is 2. The van der Waals surface area contributed by atoms with E-state index in [4.69, 9.17) is 4.74 Å². The van der Waals surface area contributed by atoms with Crippen LogP contribution in [0.3, 0.4) is 0 Å². The van der Waals surface area contributed by atoms with Crippen LogP contribution in [-0.4, -0.2) is 60.5 Å². The maximum atomic E-state index is 12.2. The van der Waals surface area contributed by atoms with Crippen molar-refractivity contribution in [3.05, 3.63) is 24.3 Å². The predicted octanol–water partition coefficient (Wildman–Crippen LogP) is 3.38. The number of guanidine groups is 1. The molecule has 0 unspecified atom stereocenters. The molecule has 0 aliphatic carbocycles. The number of aliphatic imine (C=N–C) groups is 1. The Bertz CT molecular complexity index is 760. The highest BCUT2D eigenvalue weighted by Crippen LogP contribution is 2.17. The maximum Gasteiger partial charge on any atom is 0.242 e. The molecule has 2 amide bonds. The van der Waals surface area contributed by atoms with E-state index in [2.05, 4.69) is 20.9 Å². The highest BCUT2D eigenvalue weighted by Gasteiger charge is 2.19. The second-order valence-electron chi connectivity index (χ2n) is 9.04. The van der Waals surface area contributed by atoms with Crippen molar-refractivity contribution in [2.75, 3.05) is 31.5 Å². The van der Waals surface area contributed by atoms with Crippen LogP contribution in [0.5, 0.6) is 5.75 Å².